The Morgan fingerprint density at radius 3 is 2.50 bits per heavy atom. The lowest BCUT2D eigenvalue weighted by atomic mass is 9.99. The van der Waals surface area contributed by atoms with Gasteiger partial charge in [-0.2, -0.15) is 0 Å². The minimum absolute atomic E-state index is 0.00315. The highest BCUT2D eigenvalue weighted by Crippen LogP contribution is 2.38. The predicted molar refractivity (Wildman–Crippen MR) is 108 cm³/mol. The minimum atomic E-state index is -0.805. The summed E-state index contributed by atoms with van der Waals surface area (Å²) >= 11 is 0. The van der Waals surface area contributed by atoms with Crippen LogP contribution in [0.2, 0.25) is 0 Å². The van der Waals surface area contributed by atoms with Crippen molar-refractivity contribution in [2.24, 2.45) is 0 Å². The molecule has 1 N–H and O–H groups in total. The Hall–Kier alpha value is -3.42. The number of aromatic amines is 1. The highest BCUT2D eigenvalue weighted by atomic mass is 16.6. The van der Waals surface area contributed by atoms with Gasteiger partial charge in [0.15, 0.2) is 0 Å². The van der Waals surface area contributed by atoms with Crippen molar-refractivity contribution in [3.63, 3.8) is 0 Å². The van der Waals surface area contributed by atoms with E-state index in [1.165, 1.54) is 0 Å². The SMILES string of the molecule is Cc1cc(C)c(C=C2C(=O)N(C(=O)OCCN3C(=O)CCC3=O)C3=CCCC=C23)[nH]1. The fraction of sp³-hybridized carbons (Fsp3) is 0.364. The van der Waals surface area contributed by atoms with Gasteiger partial charge in [-0.1, -0.05) is 12.2 Å². The van der Waals surface area contributed by atoms with Crippen LogP contribution in [0, 0.1) is 13.8 Å². The zero-order valence-electron chi connectivity index (χ0n) is 17.0. The number of rotatable bonds is 4. The van der Waals surface area contributed by atoms with Crippen LogP contribution in [0.4, 0.5) is 4.79 Å². The van der Waals surface area contributed by atoms with Gasteiger partial charge in [-0.15, -0.1) is 0 Å². The molecule has 3 heterocycles. The summed E-state index contributed by atoms with van der Waals surface area (Å²) in [6, 6.07) is 1.99. The molecule has 0 saturated carbocycles. The maximum absolute atomic E-state index is 13.1. The van der Waals surface area contributed by atoms with E-state index < -0.39 is 12.0 Å². The second-order valence-electron chi connectivity index (χ2n) is 7.59. The van der Waals surface area contributed by atoms with Gasteiger partial charge in [-0.25, -0.2) is 9.69 Å². The standard InChI is InChI=1S/C22H23N3O5/c1-13-11-14(2)23-17(13)12-16-15-5-3-4-6-18(15)25(21(16)28)22(29)30-10-9-24-19(26)7-8-20(24)27/h5-6,11-12,23H,3-4,7-10H2,1-2H3. The molecule has 8 nitrogen and oxygen atoms in total. The molecule has 4 amide bonds. The molecule has 0 spiro atoms. The Morgan fingerprint density at radius 1 is 1.13 bits per heavy atom. The van der Waals surface area contributed by atoms with Gasteiger partial charge in [0.05, 0.1) is 17.8 Å². The second-order valence-corrected chi connectivity index (χ2v) is 7.59. The largest absolute Gasteiger partial charge is 0.447 e. The normalized spacial score (nSPS) is 20.1. The summed E-state index contributed by atoms with van der Waals surface area (Å²) in [7, 11) is 0. The van der Waals surface area contributed by atoms with Crippen molar-refractivity contribution in [3.05, 3.63) is 52.0 Å². The quantitative estimate of drug-likeness (QED) is 0.609. The summed E-state index contributed by atoms with van der Waals surface area (Å²) < 4.78 is 5.25. The van der Waals surface area contributed by atoms with Crippen LogP contribution in [0.5, 0.6) is 0 Å². The van der Waals surface area contributed by atoms with E-state index in [0.717, 1.165) is 45.2 Å². The zero-order chi connectivity index (χ0) is 21.4. The minimum Gasteiger partial charge on any atom is -0.447 e. The number of likely N-dealkylation sites (tertiary alicyclic amines) is 2. The van der Waals surface area contributed by atoms with Gasteiger partial charge in [0.2, 0.25) is 11.8 Å². The van der Waals surface area contributed by atoms with Gasteiger partial charge < -0.3 is 9.72 Å². The molecule has 4 rings (SSSR count). The monoisotopic (exact) mass is 409 g/mol. The van der Waals surface area contributed by atoms with E-state index in [9.17, 15) is 19.2 Å². The number of nitrogens with one attached hydrogen (secondary N) is 1. The number of fused-ring (bicyclic) bond motifs is 1. The van der Waals surface area contributed by atoms with E-state index in [4.69, 9.17) is 4.74 Å². The molecule has 0 bridgehead atoms. The highest BCUT2D eigenvalue weighted by Gasteiger charge is 2.41. The second kappa shape index (κ2) is 7.78. The van der Waals surface area contributed by atoms with E-state index in [2.05, 4.69) is 4.98 Å². The average Bonchev–Trinajstić information content (AvgIpc) is 3.30. The van der Waals surface area contributed by atoms with E-state index in [0.29, 0.717) is 11.3 Å². The smallest absolute Gasteiger partial charge is 0.421 e. The molecule has 1 aromatic heterocycles. The van der Waals surface area contributed by atoms with Gasteiger partial charge in [0.1, 0.15) is 6.61 Å². The number of aromatic nitrogens is 1. The van der Waals surface area contributed by atoms with Crippen molar-refractivity contribution in [2.75, 3.05) is 13.2 Å². The predicted octanol–water partition coefficient (Wildman–Crippen LogP) is 2.75. The molecule has 156 valence electrons. The molecule has 30 heavy (non-hydrogen) atoms. The summed E-state index contributed by atoms with van der Waals surface area (Å²) in [6.45, 7) is 3.74. The van der Waals surface area contributed by atoms with Crippen molar-refractivity contribution in [1.82, 2.24) is 14.8 Å². The number of ether oxygens (including phenoxy) is 1. The number of nitrogens with zero attached hydrogens (tertiary/aromatic N) is 2. The Kier molecular flexibility index (Phi) is 5.15. The molecule has 2 saturated heterocycles. The molecule has 0 unspecified atom stereocenters. The fourth-order valence-electron chi connectivity index (χ4n) is 3.99. The summed E-state index contributed by atoms with van der Waals surface area (Å²) in [5.74, 6) is -0.981. The van der Waals surface area contributed by atoms with Crippen molar-refractivity contribution in [2.45, 2.75) is 39.5 Å². The molecule has 1 aliphatic carbocycles. The Bertz CT molecular complexity index is 1030. The summed E-state index contributed by atoms with van der Waals surface area (Å²) in [4.78, 5) is 54.5. The molecule has 3 aliphatic rings. The topological polar surface area (TPSA) is 99.8 Å². The number of imide groups is 2. The van der Waals surface area contributed by atoms with Gasteiger partial charge in [-0.05, 0) is 44.4 Å². The van der Waals surface area contributed by atoms with E-state index >= 15 is 0 Å². The lowest BCUT2D eigenvalue weighted by molar-refractivity contribution is -0.139. The van der Waals surface area contributed by atoms with Crippen LogP contribution in [-0.4, -0.2) is 51.8 Å². The number of hydrogen-bond acceptors (Lipinski definition) is 5. The first-order valence-corrected chi connectivity index (χ1v) is 10.00. The van der Waals surface area contributed by atoms with Crippen LogP contribution in [0.3, 0.4) is 0 Å². The molecular formula is C22H23N3O5. The molecule has 0 radical (unpaired) electrons. The maximum atomic E-state index is 13.1. The van der Waals surface area contributed by atoms with Gasteiger partial charge in [0.25, 0.3) is 5.91 Å². The van der Waals surface area contributed by atoms with Crippen LogP contribution in [0.1, 0.15) is 42.6 Å². The number of H-pyrrole nitrogens is 1. The molecule has 1 aromatic rings. The maximum Gasteiger partial charge on any atom is 0.421 e. The summed E-state index contributed by atoms with van der Waals surface area (Å²) in [6.07, 6.45) is 6.66. The van der Waals surface area contributed by atoms with Crippen LogP contribution in [-0.2, 0) is 19.1 Å². The molecule has 0 atom stereocenters. The average molecular weight is 409 g/mol. The third-order valence-electron chi connectivity index (χ3n) is 5.45. The molecule has 2 fully saturated rings. The lowest BCUT2D eigenvalue weighted by Crippen LogP contribution is -2.36. The Balaban J connectivity index is 1.52. The molecular weight excluding hydrogens is 386 g/mol. The third kappa shape index (κ3) is 3.49. The zero-order valence-corrected chi connectivity index (χ0v) is 17.0. The first-order chi connectivity index (χ1) is 14.4. The first-order valence-electron chi connectivity index (χ1n) is 10.00. The molecule has 0 aromatic carbocycles. The first kappa shape index (κ1) is 19.9. The number of allylic oxidation sites excluding steroid dienone is 3. The van der Waals surface area contributed by atoms with E-state index in [1.54, 1.807) is 6.08 Å². The lowest BCUT2D eigenvalue weighted by Gasteiger charge is -2.18. The molecule has 2 aliphatic heterocycles. The number of carbonyl (C=O) groups is 4. The number of hydrogen-bond donors (Lipinski definition) is 1. The Labute approximate surface area is 173 Å². The van der Waals surface area contributed by atoms with Crippen molar-refractivity contribution in [3.8, 4) is 0 Å². The van der Waals surface area contributed by atoms with Crippen LogP contribution in [0.15, 0.2) is 35.1 Å². The van der Waals surface area contributed by atoms with E-state index in [1.807, 2.05) is 32.1 Å². The molecule has 8 heteroatoms. The number of aryl methyl sites for hydroxylation is 2. The van der Waals surface area contributed by atoms with Gasteiger partial charge in [-0.3, -0.25) is 19.3 Å². The number of amides is 4. The van der Waals surface area contributed by atoms with Crippen LogP contribution in [0.25, 0.3) is 6.08 Å². The highest BCUT2D eigenvalue weighted by molar-refractivity contribution is 6.15. The van der Waals surface area contributed by atoms with Crippen molar-refractivity contribution >= 4 is 29.9 Å². The third-order valence-corrected chi connectivity index (χ3v) is 5.45. The summed E-state index contributed by atoms with van der Waals surface area (Å²) in [5.41, 5.74) is 4.50. The number of carbonyl (C=O) groups excluding carboxylic acids is 4. The Morgan fingerprint density at radius 2 is 1.83 bits per heavy atom. The van der Waals surface area contributed by atoms with E-state index in [-0.39, 0.29) is 37.8 Å². The van der Waals surface area contributed by atoms with Gasteiger partial charge in [0, 0.05) is 29.8 Å². The van der Waals surface area contributed by atoms with Crippen molar-refractivity contribution in [1.29, 1.82) is 0 Å². The van der Waals surface area contributed by atoms with Crippen LogP contribution < -0.4 is 0 Å². The van der Waals surface area contributed by atoms with Crippen molar-refractivity contribution < 1.29 is 23.9 Å². The summed E-state index contributed by atoms with van der Waals surface area (Å²) in [5, 5.41) is 0. The van der Waals surface area contributed by atoms with Crippen LogP contribution >= 0.6 is 0 Å². The van der Waals surface area contributed by atoms with Gasteiger partial charge >= 0.3 is 6.09 Å². The fourth-order valence-corrected chi connectivity index (χ4v) is 3.99.